The van der Waals surface area contributed by atoms with Gasteiger partial charge in [0, 0.05) is 26.4 Å². The zero-order valence-electron chi connectivity index (χ0n) is 18.8. The molecule has 0 spiro atoms. The van der Waals surface area contributed by atoms with E-state index < -0.39 is 5.60 Å². The number of hydrogen-bond acceptors (Lipinski definition) is 6. The van der Waals surface area contributed by atoms with Crippen LogP contribution in [-0.2, 0) is 16.1 Å². The van der Waals surface area contributed by atoms with Crippen LogP contribution in [0.3, 0.4) is 0 Å². The first-order chi connectivity index (χ1) is 14.8. The predicted molar refractivity (Wildman–Crippen MR) is 116 cm³/mol. The normalized spacial score (nSPS) is 16.3. The second-order valence-corrected chi connectivity index (χ2v) is 8.12. The van der Waals surface area contributed by atoms with Gasteiger partial charge in [0.2, 0.25) is 0 Å². The largest absolute Gasteiger partial charge is 0.497 e. The number of ether oxygens (including phenoxy) is 2. The Labute approximate surface area is 183 Å². The highest BCUT2D eigenvalue weighted by atomic mass is 16.5. The minimum Gasteiger partial charge on any atom is -0.497 e. The number of hydrogen-bond donors (Lipinski definition) is 1. The van der Waals surface area contributed by atoms with Crippen LogP contribution in [0.25, 0.3) is 0 Å². The number of likely N-dealkylation sites (tertiary alicyclic amines) is 1. The molecule has 8 nitrogen and oxygen atoms in total. The first-order valence-corrected chi connectivity index (χ1v) is 10.4. The Kier molecular flexibility index (Phi) is 6.90. The summed E-state index contributed by atoms with van der Waals surface area (Å²) in [5.41, 5.74) is 0.973. The molecule has 0 radical (unpaired) electrons. The number of aromatic nitrogens is 2. The van der Waals surface area contributed by atoms with Crippen molar-refractivity contribution >= 4 is 11.8 Å². The van der Waals surface area contributed by atoms with Crippen LogP contribution < -0.4 is 10.1 Å². The molecule has 166 valence electrons. The molecule has 1 aromatic carbocycles. The maximum atomic E-state index is 13.1. The number of nitrogens with one attached hydrogen (secondary N) is 1. The first kappa shape index (κ1) is 22.7. The van der Waals surface area contributed by atoms with Crippen LogP contribution in [0.2, 0.25) is 0 Å². The van der Waals surface area contributed by atoms with Gasteiger partial charge in [-0.25, -0.2) is 9.97 Å². The van der Waals surface area contributed by atoms with Gasteiger partial charge in [-0.1, -0.05) is 12.1 Å². The lowest BCUT2D eigenvalue weighted by Gasteiger charge is -2.32. The number of methoxy groups -OCH3 is 2. The molecular weight excluding hydrogens is 396 g/mol. The minimum absolute atomic E-state index is 0.113. The molecule has 2 amide bonds. The van der Waals surface area contributed by atoms with E-state index in [1.165, 1.54) is 7.11 Å². The number of rotatable bonds is 7. The minimum atomic E-state index is -0.943. The smallest absolute Gasteiger partial charge is 0.255 e. The van der Waals surface area contributed by atoms with Crippen LogP contribution in [0.1, 0.15) is 60.2 Å². The summed E-state index contributed by atoms with van der Waals surface area (Å²) < 4.78 is 10.6. The fourth-order valence-corrected chi connectivity index (χ4v) is 3.66. The molecule has 1 fully saturated rings. The van der Waals surface area contributed by atoms with E-state index in [4.69, 9.17) is 9.47 Å². The van der Waals surface area contributed by atoms with E-state index in [2.05, 4.69) is 15.3 Å². The van der Waals surface area contributed by atoms with Gasteiger partial charge in [0.15, 0.2) is 0 Å². The van der Waals surface area contributed by atoms with Crippen LogP contribution >= 0.6 is 0 Å². The third kappa shape index (κ3) is 5.02. The van der Waals surface area contributed by atoms with Gasteiger partial charge < -0.3 is 19.7 Å². The molecule has 1 unspecified atom stereocenters. The van der Waals surface area contributed by atoms with Gasteiger partial charge in [0.05, 0.1) is 24.4 Å². The zero-order valence-corrected chi connectivity index (χ0v) is 18.8. The lowest BCUT2D eigenvalue weighted by Crippen LogP contribution is -2.46. The Hall–Kier alpha value is -3.00. The van der Waals surface area contributed by atoms with E-state index >= 15 is 0 Å². The fourth-order valence-electron chi connectivity index (χ4n) is 3.66. The molecule has 2 heterocycles. The molecule has 1 aliphatic rings. The van der Waals surface area contributed by atoms with E-state index in [1.807, 2.05) is 24.3 Å². The van der Waals surface area contributed by atoms with Crippen molar-refractivity contribution in [3.63, 3.8) is 0 Å². The molecule has 1 atom stereocenters. The number of nitrogens with zero attached hydrogens (tertiary/aromatic N) is 3. The first-order valence-electron chi connectivity index (χ1n) is 10.4. The molecule has 1 aliphatic heterocycles. The van der Waals surface area contributed by atoms with Gasteiger partial charge in [-0.3, -0.25) is 9.59 Å². The summed E-state index contributed by atoms with van der Waals surface area (Å²) >= 11 is 0. The molecule has 8 heteroatoms. The molecule has 0 aliphatic carbocycles. The van der Waals surface area contributed by atoms with E-state index in [-0.39, 0.29) is 17.9 Å². The monoisotopic (exact) mass is 426 g/mol. The van der Waals surface area contributed by atoms with E-state index in [1.54, 1.807) is 39.0 Å². The lowest BCUT2D eigenvalue weighted by atomic mass is 10.0. The second-order valence-electron chi connectivity index (χ2n) is 8.12. The Bertz CT molecular complexity index is 943. The average molecular weight is 427 g/mol. The maximum Gasteiger partial charge on any atom is 0.255 e. The van der Waals surface area contributed by atoms with Crippen molar-refractivity contribution in [3.05, 3.63) is 53.1 Å². The van der Waals surface area contributed by atoms with Crippen molar-refractivity contribution in [1.82, 2.24) is 20.2 Å². The fraction of sp³-hybridized carbons (Fsp3) is 0.478. The summed E-state index contributed by atoms with van der Waals surface area (Å²) in [6, 6.07) is 7.21. The summed E-state index contributed by atoms with van der Waals surface area (Å²) in [5, 5.41) is 2.93. The number of benzene rings is 1. The molecule has 0 bridgehead atoms. The second kappa shape index (κ2) is 9.43. The highest BCUT2D eigenvalue weighted by Crippen LogP contribution is 2.34. The van der Waals surface area contributed by atoms with Crippen molar-refractivity contribution in [2.24, 2.45) is 0 Å². The van der Waals surface area contributed by atoms with Crippen molar-refractivity contribution in [3.8, 4) is 5.75 Å². The molecule has 3 rings (SSSR count). The van der Waals surface area contributed by atoms with E-state index in [0.717, 1.165) is 24.2 Å². The summed E-state index contributed by atoms with van der Waals surface area (Å²) in [7, 11) is 3.14. The molecule has 2 aromatic rings. The van der Waals surface area contributed by atoms with Crippen molar-refractivity contribution in [2.45, 2.75) is 51.8 Å². The van der Waals surface area contributed by atoms with Gasteiger partial charge >= 0.3 is 0 Å². The molecule has 1 saturated heterocycles. The number of carbonyl (C=O) groups is 2. The SMILES string of the molecule is COc1ccc(CNC(=O)c2cnc(C)nc2C2CCCN2C(=O)C(C)(C)OC)cc1. The average Bonchev–Trinajstić information content (AvgIpc) is 3.26. The molecule has 1 N–H and O–H groups in total. The predicted octanol–water partition coefficient (Wildman–Crippen LogP) is 2.81. The standard InChI is InChI=1S/C23H30N4O4/c1-15-24-14-18(21(28)25-13-16-8-10-17(30-4)11-9-16)20(26-15)19-7-6-12-27(19)22(29)23(2,3)31-5/h8-11,14,19H,6-7,12-13H2,1-5H3,(H,25,28). The van der Waals surface area contributed by atoms with Crippen molar-refractivity contribution in [2.75, 3.05) is 20.8 Å². The quantitative estimate of drug-likeness (QED) is 0.732. The number of aryl methyl sites for hydroxylation is 1. The van der Waals surface area contributed by atoms with Crippen LogP contribution in [0.4, 0.5) is 0 Å². The summed E-state index contributed by atoms with van der Waals surface area (Å²) in [6.07, 6.45) is 3.12. The third-order valence-electron chi connectivity index (χ3n) is 5.65. The van der Waals surface area contributed by atoms with E-state index in [9.17, 15) is 9.59 Å². The Morgan fingerprint density at radius 3 is 2.58 bits per heavy atom. The van der Waals surface area contributed by atoms with Gasteiger partial charge in [-0.2, -0.15) is 0 Å². The Morgan fingerprint density at radius 2 is 1.94 bits per heavy atom. The summed E-state index contributed by atoms with van der Waals surface area (Å²) in [4.78, 5) is 36.6. The van der Waals surface area contributed by atoms with Crippen molar-refractivity contribution in [1.29, 1.82) is 0 Å². The topological polar surface area (TPSA) is 93.6 Å². The van der Waals surface area contributed by atoms with Crippen molar-refractivity contribution < 1.29 is 19.1 Å². The Morgan fingerprint density at radius 1 is 1.23 bits per heavy atom. The van der Waals surface area contributed by atoms with Gasteiger partial charge in [-0.05, 0) is 51.3 Å². The highest BCUT2D eigenvalue weighted by Gasteiger charge is 2.40. The molecule has 31 heavy (non-hydrogen) atoms. The highest BCUT2D eigenvalue weighted by molar-refractivity contribution is 5.95. The molecule has 0 saturated carbocycles. The van der Waals surface area contributed by atoms with Crippen LogP contribution in [0.5, 0.6) is 5.75 Å². The number of carbonyl (C=O) groups excluding carboxylic acids is 2. The molecule has 1 aromatic heterocycles. The van der Waals surface area contributed by atoms with Gasteiger partial charge in [0.25, 0.3) is 11.8 Å². The summed E-state index contributed by atoms with van der Waals surface area (Å²) in [6.45, 7) is 6.24. The molecular formula is C23H30N4O4. The van der Waals surface area contributed by atoms with Gasteiger partial charge in [-0.15, -0.1) is 0 Å². The third-order valence-corrected chi connectivity index (χ3v) is 5.65. The lowest BCUT2D eigenvalue weighted by molar-refractivity contribution is -0.152. The zero-order chi connectivity index (χ0) is 22.6. The van der Waals surface area contributed by atoms with Crippen LogP contribution in [-0.4, -0.2) is 53.0 Å². The van der Waals surface area contributed by atoms with Crippen LogP contribution in [0, 0.1) is 6.92 Å². The van der Waals surface area contributed by atoms with Gasteiger partial charge in [0.1, 0.15) is 17.2 Å². The summed E-state index contributed by atoms with van der Waals surface area (Å²) in [5.74, 6) is 0.941. The van der Waals surface area contributed by atoms with Crippen LogP contribution in [0.15, 0.2) is 30.5 Å². The number of amides is 2. The Balaban J connectivity index is 1.82. The van der Waals surface area contributed by atoms with E-state index in [0.29, 0.717) is 30.2 Å². The maximum absolute atomic E-state index is 13.1.